The molecule has 4 rings (SSSR count). The molecule has 1 heterocycles. The maximum absolute atomic E-state index is 14.0. The number of hydrogen-bond acceptors (Lipinski definition) is 5. The number of para-hydroxylation sites is 1. The molecule has 178 valence electrons. The molecule has 0 radical (unpaired) electrons. The van der Waals surface area contributed by atoms with Crippen LogP contribution in [0.15, 0.2) is 71.6 Å². The zero-order valence-corrected chi connectivity index (χ0v) is 20.5. The van der Waals surface area contributed by atoms with Gasteiger partial charge in [0.05, 0.1) is 19.9 Å². The van der Waals surface area contributed by atoms with Gasteiger partial charge >= 0.3 is 0 Å². The number of hydrogen-bond donors (Lipinski definition) is 0. The van der Waals surface area contributed by atoms with Gasteiger partial charge < -0.3 is 14.4 Å². The Morgan fingerprint density at radius 2 is 1.79 bits per heavy atom. The van der Waals surface area contributed by atoms with Crippen LogP contribution in [0.1, 0.15) is 18.1 Å². The first-order chi connectivity index (χ1) is 16.3. The predicted molar refractivity (Wildman–Crippen MR) is 132 cm³/mol. The second-order valence-corrected chi connectivity index (χ2v) is 10.1. The van der Waals surface area contributed by atoms with E-state index in [9.17, 15) is 13.2 Å². The number of aryl methyl sites for hydroxylation is 1. The van der Waals surface area contributed by atoms with Crippen LogP contribution < -0.4 is 18.7 Å². The quantitative estimate of drug-likeness (QED) is 0.507. The Kier molecular flexibility index (Phi) is 6.52. The molecular formula is C26H28N2O5S. The van der Waals surface area contributed by atoms with E-state index in [2.05, 4.69) is 0 Å². The third kappa shape index (κ3) is 4.33. The fourth-order valence-electron chi connectivity index (χ4n) is 4.33. The summed E-state index contributed by atoms with van der Waals surface area (Å²) in [6.45, 7) is 3.40. The van der Waals surface area contributed by atoms with Gasteiger partial charge in [0.1, 0.15) is 22.9 Å². The average molecular weight is 481 g/mol. The number of carbonyl (C=O) groups is 1. The minimum absolute atomic E-state index is 0.000454. The molecule has 0 saturated heterocycles. The van der Waals surface area contributed by atoms with Crippen molar-refractivity contribution in [1.82, 2.24) is 0 Å². The van der Waals surface area contributed by atoms with E-state index in [1.54, 1.807) is 47.4 Å². The van der Waals surface area contributed by atoms with Crippen LogP contribution in [0.25, 0.3) is 0 Å². The highest BCUT2D eigenvalue weighted by molar-refractivity contribution is 7.93. The van der Waals surface area contributed by atoms with Crippen LogP contribution in [-0.4, -0.2) is 41.1 Å². The number of amides is 1. The molecule has 0 spiro atoms. The maximum Gasteiger partial charge on any atom is 0.268 e. The first-order valence-corrected chi connectivity index (χ1v) is 12.4. The van der Waals surface area contributed by atoms with Gasteiger partial charge in [0.15, 0.2) is 0 Å². The van der Waals surface area contributed by atoms with E-state index < -0.39 is 10.0 Å². The number of anilines is 2. The van der Waals surface area contributed by atoms with Crippen molar-refractivity contribution in [2.75, 3.05) is 30.0 Å². The summed E-state index contributed by atoms with van der Waals surface area (Å²) in [5, 5.41) is 0. The smallest absolute Gasteiger partial charge is 0.268 e. The van der Waals surface area contributed by atoms with Gasteiger partial charge in [-0.15, -0.1) is 0 Å². The summed E-state index contributed by atoms with van der Waals surface area (Å²) in [5.74, 6) is 0.391. The highest BCUT2D eigenvalue weighted by Gasteiger charge is 2.36. The highest BCUT2D eigenvalue weighted by atomic mass is 32.2. The molecule has 0 saturated carbocycles. The molecule has 34 heavy (non-hydrogen) atoms. The number of benzene rings is 3. The van der Waals surface area contributed by atoms with Gasteiger partial charge in [-0.2, -0.15) is 0 Å². The van der Waals surface area contributed by atoms with Gasteiger partial charge in [0.25, 0.3) is 10.0 Å². The van der Waals surface area contributed by atoms with Crippen molar-refractivity contribution in [3.63, 3.8) is 0 Å². The molecule has 3 aromatic carbocycles. The minimum atomic E-state index is -4.16. The minimum Gasteiger partial charge on any atom is -0.497 e. The lowest BCUT2D eigenvalue weighted by Gasteiger charge is -2.29. The number of nitrogens with zero attached hydrogens (tertiary/aromatic N) is 2. The Morgan fingerprint density at radius 1 is 1.03 bits per heavy atom. The van der Waals surface area contributed by atoms with Crippen molar-refractivity contribution in [3.8, 4) is 11.5 Å². The molecule has 1 aliphatic rings. The third-order valence-corrected chi connectivity index (χ3v) is 7.78. The molecule has 0 bridgehead atoms. The van der Waals surface area contributed by atoms with Crippen LogP contribution in [0.3, 0.4) is 0 Å². The van der Waals surface area contributed by atoms with Gasteiger partial charge in [0.2, 0.25) is 5.91 Å². The monoisotopic (exact) mass is 480 g/mol. The summed E-state index contributed by atoms with van der Waals surface area (Å²) in [6.07, 6.45) is 0.722. The number of carbonyl (C=O) groups excluding carboxylic acids is 1. The topological polar surface area (TPSA) is 76.2 Å². The first kappa shape index (κ1) is 23.6. The molecule has 0 fully saturated rings. The van der Waals surface area contributed by atoms with Crippen molar-refractivity contribution < 1.29 is 22.7 Å². The van der Waals surface area contributed by atoms with Crippen molar-refractivity contribution in [3.05, 3.63) is 77.9 Å². The number of sulfonamides is 1. The van der Waals surface area contributed by atoms with Crippen LogP contribution in [0.2, 0.25) is 0 Å². The normalized spacial score (nSPS) is 15.1. The summed E-state index contributed by atoms with van der Waals surface area (Å²) in [5.41, 5.74) is 2.98. The van der Waals surface area contributed by atoms with Gasteiger partial charge in [-0.25, -0.2) is 8.42 Å². The fraction of sp³-hybridized carbons (Fsp3) is 0.269. The zero-order valence-electron chi connectivity index (χ0n) is 19.7. The predicted octanol–water partition coefficient (Wildman–Crippen LogP) is 4.19. The number of rotatable bonds is 7. The van der Waals surface area contributed by atoms with Crippen LogP contribution in [0.4, 0.5) is 11.4 Å². The van der Waals surface area contributed by atoms with E-state index >= 15 is 0 Å². The molecule has 1 amide bonds. The lowest BCUT2D eigenvalue weighted by atomic mass is 10.1. The Labute approximate surface area is 200 Å². The van der Waals surface area contributed by atoms with E-state index in [1.807, 2.05) is 38.1 Å². The lowest BCUT2D eigenvalue weighted by molar-refractivity contribution is -0.117. The summed E-state index contributed by atoms with van der Waals surface area (Å²) in [4.78, 5) is 15.3. The van der Waals surface area contributed by atoms with E-state index in [1.165, 1.54) is 14.2 Å². The molecule has 0 N–H and O–H groups in total. The molecule has 3 aromatic rings. The van der Waals surface area contributed by atoms with Crippen molar-refractivity contribution in [2.24, 2.45) is 0 Å². The Hall–Kier alpha value is -3.52. The standard InChI is InChI=1S/C26H28N2O5S/c1-18-12-13-24(33-4)25(14-18)34(30,31)27(21-9-7-10-22(16-21)32-3)17-26(29)28-19(2)15-20-8-5-6-11-23(20)28/h5-14,16,19H,15,17H2,1-4H3. The second-order valence-electron chi connectivity index (χ2n) is 8.31. The SMILES string of the molecule is COc1cccc(N(CC(=O)N2c3ccccc3CC2C)S(=O)(=O)c2cc(C)ccc2OC)c1. The van der Waals surface area contributed by atoms with Crippen LogP contribution in [-0.2, 0) is 21.2 Å². The largest absolute Gasteiger partial charge is 0.497 e. The maximum atomic E-state index is 14.0. The molecular weight excluding hydrogens is 452 g/mol. The first-order valence-electron chi connectivity index (χ1n) is 11.0. The molecule has 8 heteroatoms. The highest BCUT2D eigenvalue weighted by Crippen LogP contribution is 2.35. The summed E-state index contributed by atoms with van der Waals surface area (Å²) >= 11 is 0. The van der Waals surface area contributed by atoms with Crippen molar-refractivity contribution in [2.45, 2.75) is 31.2 Å². The molecule has 1 atom stereocenters. The summed E-state index contributed by atoms with van der Waals surface area (Å²) < 4.78 is 39.8. The average Bonchev–Trinajstić information content (AvgIpc) is 3.18. The zero-order chi connectivity index (χ0) is 24.5. The number of fused-ring (bicyclic) bond motifs is 1. The van der Waals surface area contributed by atoms with Gasteiger partial charge in [0, 0.05) is 17.8 Å². The lowest BCUT2D eigenvalue weighted by Crippen LogP contribution is -2.45. The second kappa shape index (κ2) is 9.38. The van der Waals surface area contributed by atoms with Crippen LogP contribution >= 0.6 is 0 Å². The Morgan fingerprint density at radius 3 is 2.53 bits per heavy atom. The van der Waals surface area contributed by atoms with Crippen LogP contribution in [0, 0.1) is 6.92 Å². The fourth-order valence-corrected chi connectivity index (χ4v) is 5.98. The summed E-state index contributed by atoms with van der Waals surface area (Å²) in [7, 11) is -1.22. The Bertz CT molecular complexity index is 1320. The van der Waals surface area contributed by atoms with Gasteiger partial charge in [-0.3, -0.25) is 9.10 Å². The van der Waals surface area contributed by atoms with Gasteiger partial charge in [-0.1, -0.05) is 30.3 Å². The van der Waals surface area contributed by atoms with Crippen molar-refractivity contribution >= 4 is 27.3 Å². The molecule has 1 aliphatic heterocycles. The van der Waals surface area contributed by atoms with Crippen LogP contribution in [0.5, 0.6) is 11.5 Å². The third-order valence-electron chi connectivity index (χ3n) is 5.98. The van der Waals surface area contributed by atoms with Crippen molar-refractivity contribution in [1.29, 1.82) is 0 Å². The molecule has 0 aliphatic carbocycles. The summed E-state index contributed by atoms with van der Waals surface area (Å²) in [6, 6.07) is 19.3. The molecule has 1 unspecified atom stereocenters. The number of methoxy groups -OCH3 is 2. The van der Waals surface area contributed by atoms with E-state index in [0.29, 0.717) is 11.4 Å². The molecule has 7 nitrogen and oxygen atoms in total. The van der Waals surface area contributed by atoms with E-state index in [4.69, 9.17) is 9.47 Å². The van der Waals surface area contributed by atoms with E-state index in [-0.39, 0.29) is 29.1 Å². The van der Waals surface area contributed by atoms with Gasteiger partial charge in [-0.05, 0) is 61.7 Å². The number of ether oxygens (including phenoxy) is 2. The van der Waals surface area contributed by atoms with E-state index in [0.717, 1.165) is 27.5 Å². The molecule has 0 aromatic heterocycles. The Balaban J connectivity index is 1.80.